The summed E-state index contributed by atoms with van der Waals surface area (Å²) in [5.74, 6) is 0. The molecule has 1 aliphatic rings. The van der Waals surface area contributed by atoms with Crippen LogP contribution in [0.25, 0.3) is 16.7 Å². The SMILES string of the molecule is Cc1nn(-c2ccc(Cl)cc2)c2[nH]c(=O)c(CNC3CCCC3)cc12. The van der Waals surface area contributed by atoms with Crippen LogP contribution in [0.15, 0.2) is 35.1 Å². The predicted molar refractivity (Wildman–Crippen MR) is 101 cm³/mol. The molecule has 1 fully saturated rings. The number of aromatic nitrogens is 3. The van der Waals surface area contributed by atoms with E-state index in [0.717, 1.165) is 28.0 Å². The van der Waals surface area contributed by atoms with Crippen molar-refractivity contribution < 1.29 is 0 Å². The van der Waals surface area contributed by atoms with Crippen molar-refractivity contribution in [1.29, 1.82) is 0 Å². The van der Waals surface area contributed by atoms with Crippen LogP contribution in [-0.4, -0.2) is 20.8 Å². The molecule has 1 aliphatic carbocycles. The maximum absolute atomic E-state index is 12.5. The number of H-pyrrole nitrogens is 1. The first kappa shape index (κ1) is 16.4. The molecule has 1 aromatic carbocycles. The second kappa shape index (κ2) is 6.65. The first-order valence-electron chi connectivity index (χ1n) is 8.72. The molecule has 0 aliphatic heterocycles. The summed E-state index contributed by atoms with van der Waals surface area (Å²) in [6, 6.07) is 9.91. The smallest absolute Gasteiger partial charge is 0.254 e. The fraction of sp³-hybridized carbons (Fsp3) is 0.368. The predicted octanol–water partition coefficient (Wildman–Crippen LogP) is 3.71. The minimum Gasteiger partial charge on any atom is -0.310 e. The zero-order valence-electron chi connectivity index (χ0n) is 14.2. The summed E-state index contributed by atoms with van der Waals surface area (Å²) >= 11 is 5.96. The van der Waals surface area contributed by atoms with Gasteiger partial charge in [-0.2, -0.15) is 5.10 Å². The molecule has 1 saturated carbocycles. The van der Waals surface area contributed by atoms with Gasteiger partial charge in [0.05, 0.1) is 11.4 Å². The van der Waals surface area contributed by atoms with Crippen LogP contribution in [0, 0.1) is 6.92 Å². The molecule has 130 valence electrons. The summed E-state index contributed by atoms with van der Waals surface area (Å²) in [7, 11) is 0. The number of rotatable bonds is 4. The van der Waals surface area contributed by atoms with Gasteiger partial charge in [0.2, 0.25) is 0 Å². The Bertz CT molecular complexity index is 952. The number of aromatic amines is 1. The fourth-order valence-corrected chi connectivity index (χ4v) is 3.67. The second-order valence-electron chi connectivity index (χ2n) is 6.72. The van der Waals surface area contributed by atoms with Crippen molar-refractivity contribution in [2.45, 2.75) is 45.2 Å². The van der Waals surface area contributed by atoms with E-state index in [0.29, 0.717) is 17.6 Å². The first-order valence-corrected chi connectivity index (χ1v) is 9.10. The van der Waals surface area contributed by atoms with E-state index in [1.54, 1.807) is 4.68 Å². The Morgan fingerprint density at radius 1 is 1.28 bits per heavy atom. The normalized spacial score (nSPS) is 15.3. The van der Waals surface area contributed by atoms with Gasteiger partial charge in [-0.1, -0.05) is 24.4 Å². The number of fused-ring (bicyclic) bond motifs is 1. The molecule has 25 heavy (non-hydrogen) atoms. The van der Waals surface area contributed by atoms with E-state index in [1.165, 1.54) is 25.7 Å². The first-order chi connectivity index (χ1) is 12.1. The van der Waals surface area contributed by atoms with Crippen molar-refractivity contribution in [3.8, 4) is 5.69 Å². The van der Waals surface area contributed by atoms with Gasteiger partial charge in [-0.05, 0) is 50.1 Å². The van der Waals surface area contributed by atoms with E-state index in [4.69, 9.17) is 11.6 Å². The van der Waals surface area contributed by atoms with E-state index in [9.17, 15) is 4.79 Å². The molecule has 6 heteroatoms. The molecule has 2 N–H and O–H groups in total. The third kappa shape index (κ3) is 3.22. The van der Waals surface area contributed by atoms with E-state index in [1.807, 2.05) is 37.3 Å². The highest BCUT2D eigenvalue weighted by Gasteiger charge is 2.16. The van der Waals surface area contributed by atoms with Gasteiger partial charge < -0.3 is 10.3 Å². The molecular weight excluding hydrogens is 336 g/mol. The number of nitrogens with one attached hydrogen (secondary N) is 2. The van der Waals surface area contributed by atoms with Crippen molar-refractivity contribution in [1.82, 2.24) is 20.1 Å². The number of benzene rings is 1. The van der Waals surface area contributed by atoms with Gasteiger partial charge in [0.1, 0.15) is 5.65 Å². The Hall–Kier alpha value is -2.11. The number of nitrogens with zero attached hydrogens (tertiary/aromatic N) is 2. The van der Waals surface area contributed by atoms with Gasteiger partial charge in [0.25, 0.3) is 5.56 Å². The second-order valence-corrected chi connectivity index (χ2v) is 7.16. The van der Waals surface area contributed by atoms with Crippen molar-refractivity contribution in [3.63, 3.8) is 0 Å². The van der Waals surface area contributed by atoms with Crippen LogP contribution in [-0.2, 0) is 6.54 Å². The third-order valence-electron chi connectivity index (χ3n) is 4.96. The molecule has 4 rings (SSSR count). The van der Waals surface area contributed by atoms with E-state index < -0.39 is 0 Å². The topological polar surface area (TPSA) is 62.7 Å². The summed E-state index contributed by atoms with van der Waals surface area (Å²) in [6.45, 7) is 2.56. The zero-order valence-corrected chi connectivity index (χ0v) is 14.9. The van der Waals surface area contributed by atoms with Crippen LogP contribution in [0.1, 0.15) is 36.9 Å². The quantitative estimate of drug-likeness (QED) is 0.749. The molecule has 0 saturated heterocycles. The average molecular weight is 357 g/mol. The Morgan fingerprint density at radius 2 is 2.00 bits per heavy atom. The lowest BCUT2D eigenvalue weighted by Gasteiger charge is -2.11. The van der Waals surface area contributed by atoms with Crippen LogP contribution < -0.4 is 10.9 Å². The number of halogens is 1. The molecule has 0 atom stereocenters. The van der Waals surface area contributed by atoms with Gasteiger partial charge in [0, 0.05) is 28.6 Å². The minimum absolute atomic E-state index is 0.0619. The Labute approximate surface area is 151 Å². The summed E-state index contributed by atoms with van der Waals surface area (Å²) in [4.78, 5) is 15.5. The molecular formula is C19H21ClN4O. The fourth-order valence-electron chi connectivity index (χ4n) is 3.54. The number of aryl methyl sites for hydroxylation is 1. The molecule has 0 spiro atoms. The van der Waals surface area contributed by atoms with E-state index in [-0.39, 0.29) is 5.56 Å². The highest BCUT2D eigenvalue weighted by atomic mass is 35.5. The monoisotopic (exact) mass is 356 g/mol. The number of pyridine rings is 1. The van der Waals surface area contributed by atoms with E-state index >= 15 is 0 Å². The van der Waals surface area contributed by atoms with Gasteiger partial charge in [-0.15, -0.1) is 0 Å². The van der Waals surface area contributed by atoms with Crippen molar-refractivity contribution in [3.05, 3.63) is 57.0 Å². The minimum atomic E-state index is -0.0619. The van der Waals surface area contributed by atoms with Crippen molar-refractivity contribution >= 4 is 22.6 Å². The highest BCUT2D eigenvalue weighted by molar-refractivity contribution is 6.30. The number of hydrogen-bond donors (Lipinski definition) is 2. The van der Waals surface area contributed by atoms with Gasteiger partial charge in [-0.3, -0.25) is 4.79 Å². The van der Waals surface area contributed by atoms with Crippen LogP contribution in [0.2, 0.25) is 5.02 Å². The Morgan fingerprint density at radius 3 is 2.72 bits per heavy atom. The molecule has 0 bridgehead atoms. The largest absolute Gasteiger partial charge is 0.310 e. The molecule has 2 aromatic heterocycles. The molecule has 2 heterocycles. The maximum Gasteiger partial charge on any atom is 0.254 e. The number of hydrogen-bond acceptors (Lipinski definition) is 3. The Kier molecular flexibility index (Phi) is 4.36. The lowest BCUT2D eigenvalue weighted by molar-refractivity contribution is 0.522. The van der Waals surface area contributed by atoms with Crippen LogP contribution in [0.4, 0.5) is 0 Å². The van der Waals surface area contributed by atoms with Crippen molar-refractivity contribution in [2.75, 3.05) is 0 Å². The van der Waals surface area contributed by atoms with Crippen LogP contribution in [0.5, 0.6) is 0 Å². The molecule has 5 nitrogen and oxygen atoms in total. The molecule has 0 unspecified atom stereocenters. The molecule has 3 aromatic rings. The van der Waals surface area contributed by atoms with Crippen molar-refractivity contribution in [2.24, 2.45) is 0 Å². The molecule has 0 radical (unpaired) electrons. The average Bonchev–Trinajstić information content (AvgIpc) is 3.22. The van der Waals surface area contributed by atoms with Gasteiger partial charge in [-0.25, -0.2) is 4.68 Å². The van der Waals surface area contributed by atoms with Gasteiger partial charge >= 0.3 is 0 Å². The Balaban J connectivity index is 1.70. The third-order valence-corrected chi connectivity index (χ3v) is 5.21. The summed E-state index contributed by atoms with van der Waals surface area (Å²) < 4.78 is 1.76. The lowest BCUT2D eigenvalue weighted by Crippen LogP contribution is -2.28. The van der Waals surface area contributed by atoms with Crippen LogP contribution in [0.3, 0.4) is 0 Å². The highest BCUT2D eigenvalue weighted by Crippen LogP contribution is 2.22. The standard InChI is InChI=1S/C19H21ClN4O/c1-12-17-10-13(11-21-15-4-2-3-5-15)19(25)22-18(17)24(23-12)16-8-6-14(20)7-9-16/h6-10,15,21H,2-5,11H2,1H3,(H,22,25). The van der Waals surface area contributed by atoms with Gasteiger partial charge in [0.15, 0.2) is 0 Å². The van der Waals surface area contributed by atoms with E-state index in [2.05, 4.69) is 15.4 Å². The lowest BCUT2D eigenvalue weighted by atomic mass is 10.2. The molecule has 0 amide bonds. The summed E-state index contributed by atoms with van der Waals surface area (Å²) in [6.07, 6.45) is 4.96. The van der Waals surface area contributed by atoms with Crippen LogP contribution >= 0.6 is 11.6 Å². The summed E-state index contributed by atoms with van der Waals surface area (Å²) in [5.41, 5.74) is 3.18. The zero-order chi connectivity index (χ0) is 17.4. The summed E-state index contributed by atoms with van der Waals surface area (Å²) in [5, 5.41) is 9.74. The maximum atomic E-state index is 12.5.